The van der Waals surface area contributed by atoms with Crippen LogP contribution in [-0.2, 0) is 6.54 Å². The minimum Gasteiger partial charge on any atom is -0.468 e. The summed E-state index contributed by atoms with van der Waals surface area (Å²) in [6.07, 6.45) is 5.02. The molecule has 13 heavy (non-hydrogen) atoms. The molecule has 3 heteroatoms. The Kier molecular flexibility index (Phi) is 5.01. The Morgan fingerprint density at radius 1 is 1.62 bits per heavy atom. The van der Waals surface area contributed by atoms with E-state index in [4.69, 9.17) is 4.42 Å². The van der Waals surface area contributed by atoms with Crippen LogP contribution >= 0.6 is 11.8 Å². The van der Waals surface area contributed by atoms with Gasteiger partial charge in [0.15, 0.2) is 0 Å². The maximum atomic E-state index is 5.24. The maximum absolute atomic E-state index is 5.24. The summed E-state index contributed by atoms with van der Waals surface area (Å²) in [5, 5.41) is 3.46. The molecule has 1 N–H and O–H groups in total. The fourth-order valence-corrected chi connectivity index (χ4v) is 1.94. The third-order valence-corrected chi connectivity index (χ3v) is 2.74. The molecule has 0 bridgehead atoms. The van der Waals surface area contributed by atoms with Crippen molar-refractivity contribution >= 4 is 11.8 Å². The van der Waals surface area contributed by atoms with E-state index < -0.39 is 0 Å². The minimum atomic E-state index is 0.597. The second-order valence-electron chi connectivity index (χ2n) is 3.02. The standard InChI is InChI=1S/C10H17NOS/c1-3-9(8-13-2)11-7-10-5-4-6-12-10/h4-6,9,11H,3,7-8H2,1-2H3. The highest BCUT2D eigenvalue weighted by Gasteiger charge is 2.04. The summed E-state index contributed by atoms with van der Waals surface area (Å²) in [4.78, 5) is 0. The van der Waals surface area contributed by atoms with Crippen molar-refractivity contribution in [1.29, 1.82) is 0 Å². The molecule has 74 valence electrons. The van der Waals surface area contributed by atoms with Crippen molar-refractivity contribution in [2.45, 2.75) is 25.9 Å². The number of hydrogen-bond acceptors (Lipinski definition) is 3. The van der Waals surface area contributed by atoms with E-state index >= 15 is 0 Å². The number of rotatable bonds is 6. The first-order chi connectivity index (χ1) is 6.36. The SMILES string of the molecule is CCC(CSC)NCc1ccco1. The molecule has 0 fully saturated rings. The molecule has 0 saturated carbocycles. The molecule has 0 aliphatic rings. The van der Waals surface area contributed by atoms with E-state index in [1.807, 2.05) is 23.9 Å². The summed E-state index contributed by atoms with van der Waals surface area (Å²) in [6, 6.07) is 4.52. The molecule has 1 aromatic rings. The van der Waals surface area contributed by atoms with Crippen molar-refractivity contribution in [3.8, 4) is 0 Å². The third-order valence-electron chi connectivity index (χ3n) is 2.01. The van der Waals surface area contributed by atoms with Gasteiger partial charge in [0.25, 0.3) is 0 Å². The zero-order valence-corrected chi connectivity index (χ0v) is 9.06. The summed E-state index contributed by atoms with van der Waals surface area (Å²) in [5.41, 5.74) is 0. The molecule has 0 aliphatic heterocycles. The second-order valence-corrected chi connectivity index (χ2v) is 3.93. The Balaban J connectivity index is 2.23. The lowest BCUT2D eigenvalue weighted by Gasteiger charge is -2.14. The minimum absolute atomic E-state index is 0.597. The average molecular weight is 199 g/mol. The number of nitrogens with one attached hydrogen (secondary N) is 1. The van der Waals surface area contributed by atoms with E-state index in [-0.39, 0.29) is 0 Å². The lowest BCUT2D eigenvalue weighted by Crippen LogP contribution is -2.29. The predicted molar refractivity (Wildman–Crippen MR) is 58.0 cm³/mol. The molecule has 1 aromatic heterocycles. The molecular weight excluding hydrogens is 182 g/mol. The van der Waals surface area contributed by atoms with E-state index in [1.54, 1.807) is 6.26 Å². The number of thioether (sulfide) groups is 1. The fourth-order valence-electron chi connectivity index (χ4n) is 1.18. The first-order valence-electron chi connectivity index (χ1n) is 4.61. The van der Waals surface area contributed by atoms with Gasteiger partial charge < -0.3 is 9.73 Å². The summed E-state index contributed by atoms with van der Waals surface area (Å²) >= 11 is 1.88. The van der Waals surface area contributed by atoms with Crippen molar-refractivity contribution in [3.05, 3.63) is 24.2 Å². The fraction of sp³-hybridized carbons (Fsp3) is 0.600. The molecule has 1 unspecified atom stereocenters. The Labute approximate surface area is 84.1 Å². The molecule has 0 spiro atoms. The molecule has 0 saturated heterocycles. The van der Waals surface area contributed by atoms with Gasteiger partial charge >= 0.3 is 0 Å². The van der Waals surface area contributed by atoms with Crippen molar-refractivity contribution in [3.63, 3.8) is 0 Å². The Morgan fingerprint density at radius 2 is 2.46 bits per heavy atom. The molecule has 2 nitrogen and oxygen atoms in total. The monoisotopic (exact) mass is 199 g/mol. The van der Waals surface area contributed by atoms with Gasteiger partial charge in [-0.1, -0.05) is 6.92 Å². The van der Waals surface area contributed by atoms with Gasteiger partial charge in [0, 0.05) is 11.8 Å². The van der Waals surface area contributed by atoms with E-state index in [2.05, 4.69) is 18.5 Å². The first-order valence-corrected chi connectivity index (χ1v) is 6.01. The van der Waals surface area contributed by atoms with Crippen LogP contribution in [0, 0.1) is 0 Å². The maximum Gasteiger partial charge on any atom is 0.117 e. The van der Waals surface area contributed by atoms with Crippen LogP contribution in [0.2, 0.25) is 0 Å². The molecular formula is C10H17NOS. The zero-order chi connectivity index (χ0) is 9.52. The van der Waals surface area contributed by atoms with Crippen LogP contribution in [0.15, 0.2) is 22.8 Å². The zero-order valence-electron chi connectivity index (χ0n) is 8.25. The van der Waals surface area contributed by atoms with Crippen molar-refractivity contribution < 1.29 is 4.42 Å². The van der Waals surface area contributed by atoms with Crippen molar-refractivity contribution in [2.75, 3.05) is 12.0 Å². The quantitative estimate of drug-likeness (QED) is 0.762. The van der Waals surface area contributed by atoms with E-state index in [0.717, 1.165) is 18.1 Å². The Hall–Kier alpha value is -0.410. The summed E-state index contributed by atoms with van der Waals surface area (Å²) in [6.45, 7) is 3.04. The summed E-state index contributed by atoms with van der Waals surface area (Å²) < 4.78 is 5.24. The highest BCUT2D eigenvalue weighted by Crippen LogP contribution is 2.04. The molecule has 1 rings (SSSR count). The van der Waals surface area contributed by atoms with E-state index in [0.29, 0.717) is 6.04 Å². The smallest absolute Gasteiger partial charge is 0.117 e. The molecule has 1 heterocycles. The van der Waals surface area contributed by atoms with Gasteiger partial charge in [-0.2, -0.15) is 11.8 Å². The van der Waals surface area contributed by atoms with Gasteiger partial charge in [0.2, 0.25) is 0 Å². The first kappa shape index (κ1) is 10.7. The lowest BCUT2D eigenvalue weighted by molar-refractivity contribution is 0.453. The van der Waals surface area contributed by atoms with Crippen LogP contribution < -0.4 is 5.32 Å². The largest absolute Gasteiger partial charge is 0.468 e. The predicted octanol–water partition coefficient (Wildman–Crippen LogP) is 2.51. The number of furan rings is 1. The second kappa shape index (κ2) is 6.11. The lowest BCUT2D eigenvalue weighted by atomic mass is 10.2. The highest BCUT2D eigenvalue weighted by atomic mass is 32.2. The number of hydrogen-bond donors (Lipinski definition) is 1. The van der Waals surface area contributed by atoms with Gasteiger partial charge in [0.05, 0.1) is 12.8 Å². The van der Waals surface area contributed by atoms with Gasteiger partial charge in [0.1, 0.15) is 5.76 Å². The van der Waals surface area contributed by atoms with E-state index in [1.165, 1.54) is 6.42 Å². The van der Waals surface area contributed by atoms with Crippen LogP contribution in [0.3, 0.4) is 0 Å². The highest BCUT2D eigenvalue weighted by molar-refractivity contribution is 7.98. The van der Waals surface area contributed by atoms with Crippen molar-refractivity contribution in [1.82, 2.24) is 5.32 Å². The van der Waals surface area contributed by atoms with Crippen LogP contribution in [0.4, 0.5) is 0 Å². The molecule has 0 aromatic carbocycles. The summed E-state index contributed by atoms with van der Waals surface area (Å²) in [5.74, 6) is 2.18. The van der Waals surface area contributed by atoms with Crippen LogP contribution in [0.1, 0.15) is 19.1 Å². The molecule has 1 atom stereocenters. The Bertz CT molecular complexity index is 211. The van der Waals surface area contributed by atoms with Gasteiger partial charge in [-0.05, 0) is 24.8 Å². The molecule has 0 aliphatic carbocycles. The van der Waals surface area contributed by atoms with Gasteiger partial charge in [-0.3, -0.25) is 0 Å². The van der Waals surface area contributed by atoms with Gasteiger partial charge in [-0.25, -0.2) is 0 Å². The Morgan fingerprint density at radius 3 is 3.00 bits per heavy atom. The van der Waals surface area contributed by atoms with E-state index in [9.17, 15) is 0 Å². The van der Waals surface area contributed by atoms with Crippen molar-refractivity contribution in [2.24, 2.45) is 0 Å². The van der Waals surface area contributed by atoms with Crippen LogP contribution in [-0.4, -0.2) is 18.1 Å². The molecule has 0 radical (unpaired) electrons. The normalized spacial score (nSPS) is 13.1. The van der Waals surface area contributed by atoms with Gasteiger partial charge in [-0.15, -0.1) is 0 Å². The average Bonchev–Trinajstić information content (AvgIpc) is 2.64. The third kappa shape index (κ3) is 3.87. The van der Waals surface area contributed by atoms with Crippen LogP contribution in [0.25, 0.3) is 0 Å². The summed E-state index contributed by atoms with van der Waals surface area (Å²) in [7, 11) is 0. The molecule has 0 amide bonds. The van der Waals surface area contributed by atoms with Crippen LogP contribution in [0.5, 0.6) is 0 Å². The topological polar surface area (TPSA) is 25.2 Å².